The van der Waals surface area contributed by atoms with Gasteiger partial charge in [-0.2, -0.15) is 0 Å². The molecule has 0 saturated carbocycles. The number of hydrogen-bond donors (Lipinski definition) is 2. The van der Waals surface area contributed by atoms with E-state index >= 15 is 0 Å². The molecule has 1 aliphatic rings. The zero-order valence-corrected chi connectivity index (χ0v) is 13.7. The lowest BCUT2D eigenvalue weighted by Gasteiger charge is -2.19. The lowest BCUT2D eigenvalue weighted by molar-refractivity contribution is 0.978. The van der Waals surface area contributed by atoms with E-state index in [-0.39, 0.29) is 0 Å². The summed E-state index contributed by atoms with van der Waals surface area (Å²) in [6.07, 6.45) is 6.63. The number of nitrogens with zero attached hydrogens (tertiary/aromatic N) is 6. The summed E-state index contributed by atoms with van der Waals surface area (Å²) >= 11 is 1.59. The van der Waals surface area contributed by atoms with E-state index in [1.165, 1.54) is 6.33 Å². The minimum absolute atomic E-state index is 0.327. The fraction of sp³-hybridized carbons (Fsp3) is 0.0625. The molecule has 4 heterocycles. The van der Waals surface area contributed by atoms with Gasteiger partial charge in [0, 0.05) is 23.8 Å². The Bertz CT molecular complexity index is 1110. The Morgan fingerprint density at radius 2 is 2.00 bits per heavy atom. The van der Waals surface area contributed by atoms with Crippen LogP contribution in [-0.4, -0.2) is 29.5 Å². The molecule has 0 bridgehead atoms. The van der Waals surface area contributed by atoms with Gasteiger partial charge in [0.2, 0.25) is 0 Å². The van der Waals surface area contributed by atoms with Gasteiger partial charge in [0.15, 0.2) is 11.5 Å². The molecular weight excluding hydrogens is 336 g/mol. The number of anilines is 2. The molecular formula is C16H12N8S. The second-order valence-electron chi connectivity index (χ2n) is 5.43. The molecule has 4 aromatic rings. The molecule has 3 N–H and O–H groups in total. The summed E-state index contributed by atoms with van der Waals surface area (Å²) < 4.78 is 1.93. The SMILES string of the molecule is NCc1ncnc2c1ncn2-c1ccc2c(c1)Nc1nccnc1S2. The van der Waals surface area contributed by atoms with Crippen molar-refractivity contribution in [3.63, 3.8) is 0 Å². The van der Waals surface area contributed by atoms with Gasteiger partial charge in [0.05, 0.1) is 17.1 Å². The molecule has 0 spiro atoms. The summed E-state index contributed by atoms with van der Waals surface area (Å²) in [5.41, 5.74) is 9.85. The molecule has 0 saturated heterocycles. The van der Waals surface area contributed by atoms with Crippen LogP contribution in [0.4, 0.5) is 11.5 Å². The van der Waals surface area contributed by atoms with Crippen molar-refractivity contribution in [2.24, 2.45) is 5.73 Å². The van der Waals surface area contributed by atoms with E-state index in [1.807, 2.05) is 16.7 Å². The van der Waals surface area contributed by atoms with Gasteiger partial charge >= 0.3 is 0 Å². The van der Waals surface area contributed by atoms with Crippen molar-refractivity contribution in [1.29, 1.82) is 0 Å². The molecule has 122 valence electrons. The number of rotatable bonds is 2. The topological polar surface area (TPSA) is 107 Å². The number of fused-ring (bicyclic) bond motifs is 3. The van der Waals surface area contributed by atoms with Crippen molar-refractivity contribution >= 4 is 34.4 Å². The molecule has 0 amide bonds. The third kappa shape index (κ3) is 2.24. The molecule has 0 aliphatic carbocycles. The van der Waals surface area contributed by atoms with Gasteiger partial charge in [-0.05, 0) is 18.2 Å². The van der Waals surface area contributed by atoms with E-state index in [1.54, 1.807) is 30.5 Å². The van der Waals surface area contributed by atoms with Crippen molar-refractivity contribution in [2.75, 3.05) is 5.32 Å². The number of nitrogens with one attached hydrogen (secondary N) is 1. The van der Waals surface area contributed by atoms with E-state index in [2.05, 4.69) is 36.3 Å². The first-order valence-corrected chi connectivity index (χ1v) is 8.42. The fourth-order valence-electron chi connectivity index (χ4n) is 2.79. The van der Waals surface area contributed by atoms with E-state index in [4.69, 9.17) is 5.73 Å². The third-order valence-corrected chi connectivity index (χ3v) is 5.04. The average molecular weight is 348 g/mol. The van der Waals surface area contributed by atoms with E-state index < -0.39 is 0 Å². The van der Waals surface area contributed by atoms with Crippen LogP contribution in [0.25, 0.3) is 16.9 Å². The highest BCUT2D eigenvalue weighted by Gasteiger charge is 2.19. The first-order chi connectivity index (χ1) is 12.3. The first kappa shape index (κ1) is 14.3. The molecule has 25 heavy (non-hydrogen) atoms. The molecule has 0 fully saturated rings. The molecule has 9 heteroatoms. The van der Waals surface area contributed by atoms with Crippen LogP contribution in [0.3, 0.4) is 0 Å². The second kappa shape index (κ2) is 5.50. The van der Waals surface area contributed by atoms with Crippen molar-refractivity contribution < 1.29 is 0 Å². The smallest absolute Gasteiger partial charge is 0.168 e. The van der Waals surface area contributed by atoms with Crippen LogP contribution in [0.1, 0.15) is 5.69 Å². The van der Waals surface area contributed by atoms with Gasteiger partial charge in [-0.1, -0.05) is 11.8 Å². The fourth-order valence-corrected chi connectivity index (χ4v) is 3.67. The maximum atomic E-state index is 5.74. The maximum Gasteiger partial charge on any atom is 0.168 e. The van der Waals surface area contributed by atoms with Gasteiger partial charge in [-0.25, -0.2) is 24.9 Å². The number of benzene rings is 1. The first-order valence-electron chi connectivity index (χ1n) is 7.61. The van der Waals surface area contributed by atoms with Gasteiger partial charge in [0.25, 0.3) is 0 Å². The summed E-state index contributed by atoms with van der Waals surface area (Å²) in [7, 11) is 0. The van der Waals surface area contributed by atoms with Crippen LogP contribution in [0.2, 0.25) is 0 Å². The molecule has 8 nitrogen and oxygen atoms in total. The van der Waals surface area contributed by atoms with Crippen LogP contribution in [0, 0.1) is 0 Å². The van der Waals surface area contributed by atoms with Crippen molar-refractivity contribution in [2.45, 2.75) is 16.5 Å². The van der Waals surface area contributed by atoms with E-state index in [9.17, 15) is 0 Å². The van der Waals surface area contributed by atoms with Crippen molar-refractivity contribution in [1.82, 2.24) is 29.5 Å². The molecule has 1 aromatic carbocycles. The summed E-state index contributed by atoms with van der Waals surface area (Å²) in [5, 5.41) is 4.20. The molecule has 3 aromatic heterocycles. The highest BCUT2D eigenvalue weighted by molar-refractivity contribution is 7.99. The summed E-state index contributed by atoms with van der Waals surface area (Å²) in [6.45, 7) is 0.327. The van der Waals surface area contributed by atoms with Crippen LogP contribution >= 0.6 is 11.8 Å². The number of hydrogen-bond acceptors (Lipinski definition) is 8. The lowest BCUT2D eigenvalue weighted by atomic mass is 10.2. The lowest BCUT2D eigenvalue weighted by Crippen LogP contribution is -2.05. The number of aromatic nitrogens is 6. The third-order valence-electron chi connectivity index (χ3n) is 3.97. The average Bonchev–Trinajstić information content (AvgIpc) is 3.10. The van der Waals surface area contributed by atoms with Crippen LogP contribution in [-0.2, 0) is 6.54 Å². The summed E-state index contributed by atoms with van der Waals surface area (Å²) in [6, 6.07) is 6.13. The molecule has 1 aliphatic heterocycles. The Labute approximate surface area is 146 Å². The minimum Gasteiger partial charge on any atom is -0.337 e. The monoisotopic (exact) mass is 348 g/mol. The highest BCUT2D eigenvalue weighted by atomic mass is 32.2. The maximum absolute atomic E-state index is 5.74. The predicted molar refractivity (Wildman–Crippen MR) is 94.0 cm³/mol. The Kier molecular flexibility index (Phi) is 3.15. The highest BCUT2D eigenvalue weighted by Crippen LogP contribution is 2.42. The van der Waals surface area contributed by atoms with E-state index in [0.717, 1.165) is 44.0 Å². The van der Waals surface area contributed by atoms with Gasteiger partial charge < -0.3 is 11.1 Å². The van der Waals surface area contributed by atoms with Gasteiger partial charge in [-0.15, -0.1) is 0 Å². The zero-order valence-electron chi connectivity index (χ0n) is 12.9. The normalized spacial score (nSPS) is 12.5. The summed E-state index contributed by atoms with van der Waals surface area (Å²) in [5.74, 6) is 0.764. The van der Waals surface area contributed by atoms with Crippen LogP contribution < -0.4 is 11.1 Å². The van der Waals surface area contributed by atoms with Crippen molar-refractivity contribution in [3.05, 3.63) is 48.9 Å². The Morgan fingerprint density at radius 1 is 1.08 bits per heavy atom. The van der Waals surface area contributed by atoms with Gasteiger partial charge in [-0.3, -0.25) is 4.57 Å². The second-order valence-corrected chi connectivity index (χ2v) is 6.46. The van der Waals surface area contributed by atoms with Crippen LogP contribution in [0.5, 0.6) is 0 Å². The quantitative estimate of drug-likeness (QED) is 0.500. The predicted octanol–water partition coefficient (Wildman–Crippen LogP) is 2.27. The number of imidazole rings is 1. The molecule has 5 rings (SSSR count). The summed E-state index contributed by atoms with van der Waals surface area (Å²) in [4.78, 5) is 22.7. The standard InChI is InChI=1S/C16H12N8S/c17-6-11-13-15(21-7-20-11)24(8-22-13)9-1-2-12-10(5-9)23-14-16(25-12)19-4-3-18-14/h1-5,7-8H,6,17H2,(H,18,23). The molecule has 0 atom stereocenters. The number of nitrogens with two attached hydrogens (primary N) is 1. The Hall–Kier alpha value is -3.04. The Morgan fingerprint density at radius 3 is 2.92 bits per heavy atom. The van der Waals surface area contributed by atoms with Crippen molar-refractivity contribution in [3.8, 4) is 5.69 Å². The largest absolute Gasteiger partial charge is 0.337 e. The van der Waals surface area contributed by atoms with Crippen LogP contribution in [0.15, 0.2) is 53.2 Å². The zero-order chi connectivity index (χ0) is 16.8. The molecule has 0 unspecified atom stereocenters. The minimum atomic E-state index is 0.327. The van der Waals surface area contributed by atoms with Gasteiger partial charge in [0.1, 0.15) is 23.2 Å². The Balaban J connectivity index is 1.61. The molecule has 0 radical (unpaired) electrons. The van der Waals surface area contributed by atoms with E-state index in [0.29, 0.717) is 6.54 Å².